The molecule has 5 heteroatoms. The van der Waals surface area contributed by atoms with E-state index >= 15 is 0 Å². The molecule has 1 atom stereocenters. The quantitative estimate of drug-likeness (QED) is 0.779. The largest absolute Gasteiger partial charge is 0.496 e. The van der Waals surface area contributed by atoms with Gasteiger partial charge in [-0.15, -0.1) is 0 Å². The Labute approximate surface area is 141 Å². The predicted molar refractivity (Wildman–Crippen MR) is 92.3 cm³/mol. The lowest BCUT2D eigenvalue weighted by Crippen LogP contribution is -2.18. The van der Waals surface area contributed by atoms with Crippen molar-refractivity contribution in [3.05, 3.63) is 56.5 Å². The van der Waals surface area contributed by atoms with Crippen molar-refractivity contribution in [3.8, 4) is 11.5 Å². The van der Waals surface area contributed by atoms with Crippen LogP contribution in [0.5, 0.6) is 11.5 Å². The van der Waals surface area contributed by atoms with Crippen LogP contribution in [-0.2, 0) is 0 Å². The molecule has 1 unspecified atom stereocenters. The SMILES string of the molecule is CNC(c1ccc(Br)cc1)c1cc(OC)c(Br)cc1OC. The van der Waals surface area contributed by atoms with Crippen LogP contribution in [0.3, 0.4) is 0 Å². The summed E-state index contributed by atoms with van der Waals surface area (Å²) in [7, 11) is 5.26. The highest BCUT2D eigenvalue weighted by Gasteiger charge is 2.19. The zero-order valence-electron chi connectivity index (χ0n) is 12.1. The van der Waals surface area contributed by atoms with Crippen molar-refractivity contribution < 1.29 is 9.47 Å². The fourth-order valence-electron chi connectivity index (χ4n) is 2.27. The van der Waals surface area contributed by atoms with Gasteiger partial charge in [0.15, 0.2) is 0 Å². The molecule has 2 aromatic carbocycles. The molecule has 0 saturated carbocycles. The first-order valence-corrected chi connectivity index (χ1v) is 8.03. The highest BCUT2D eigenvalue weighted by atomic mass is 79.9. The molecule has 21 heavy (non-hydrogen) atoms. The molecule has 0 spiro atoms. The first-order valence-electron chi connectivity index (χ1n) is 6.44. The molecule has 0 radical (unpaired) electrons. The Hall–Kier alpha value is -1.04. The maximum atomic E-state index is 5.52. The molecule has 112 valence electrons. The van der Waals surface area contributed by atoms with Crippen LogP contribution in [0.15, 0.2) is 45.3 Å². The maximum Gasteiger partial charge on any atom is 0.133 e. The van der Waals surface area contributed by atoms with Gasteiger partial charge in [0, 0.05) is 10.0 Å². The third-order valence-electron chi connectivity index (χ3n) is 3.31. The van der Waals surface area contributed by atoms with Crippen LogP contribution in [-0.4, -0.2) is 21.3 Å². The normalized spacial score (nSPS) is 12.0. The van der Waals surface area contributed by atoms with E-state index in [1.165, 1.54) is 0 Å². The second kappa shape index (κ2) is 7.29. The lowest BCUT2D eigenvalue weighted by Gasteiger charge is -2.21. The van der Waals surface area contributed by atoms with Gasteiger partial charge in [0.1, 0.15) is 11.5 Å². The standard InChI is InChI=1S/C16H17Br2NO2/c1-19-16(10-4-6-11(17)7-5-10)12-8-15(21-3)13(18)9-14(12)20-2/h4-9,16,19H,1-3H3. The lowest BCUT2D eigenvalue weighted by atomic mass is 9.97. The molecule has 0 heterocycles. The zero-order valence-corrected chi connectivity index (χ0v) is 15.3. The molecule has 2 rings (SSSR count). The number of nitrogens with one attached hydrogen (secondary N) is 1. The molecule has 0 saturated heterocycles. The number of halogens is 2. The maximum absolute atomic E-state index is 5.52. The van der Waals surface area contributed by atoms with E-state index in [0.717, 1.165) is 31.6 Å². The summed E-state index contributed by atoms with van der Waals surface area (Å²) < 4.78 is 12.8. The summed E-state index contributed by atoms with van der Waals surface area (Å²) in [5.74, 6) is 1.59. The molecule has 2 aromatic rings. The molecule has 0 bridgehead atoms. The van der Waals surface area contributed by atoms with Crippen LogP contribution in [0.4, 0.5) is 0 Å². The van der Waals surface area contributed by atoms with Gasteiger partial charge in [-0.1, -0.05) is 28.1 Å². The van der Waals surface area contributed by atoms with Crippen molar-refractivity contribution in [2.45, 2.75) is 6.04 Å². The van der Waals surface area contributed by atoms with Gasteiger partial charge >= 0.3 is 0 Å². The third-order valence-corrected chi connectivity index (χ3v) is 4.46. The average Bonchev–Trinajstić information content (AvgIpc) is 2.50. The number of benzene rings is 2. The third kappa shape index (κ3) is 3.59. The minimum atomic E-state index is 0.0232. The fourth-order valence-corrected chi connectivity index (χ4v) is 3.02. The Morgan fingerprint density at radius 3 is 2.10 bits per heavy atom. The summed E-state index contributed by atoms with van der Waals surface area (Å²) in [6.45, 7) is 0. The molecular weight excluding hydrogens is 398 g/mol. The van der Waals surface area contributed by atoms with E-state index in [0.29, 0.717) is 0 Å². The Morgan fingerprint density at radius 1 is 0.952 bits per heavy atom. The minimum Gasteiger partial charge on any atom is -0.496 e. The van der Waals surface area contributed by atoms with Crippen LogP contribution in [0, 0.1) is 0 Å². The van der Waals surface area contributed by atoms with Crippen molar-refractivity contribution >= 4 is 31.9 Å². The van der Waals surface area contributed by atoms with Crippen molar-refractivity contribution in [2.75, 3.05) is 21.3 Å². The Morgan fingerprint density at radius 2 is 1.57 bits per heavy atom. The number of methoxy groups -OCH3 is 2. The Bertz CT molecular complexity index is 614. The summed E-state index contributed by atoms with van der Waals surface area (Å²) in [5, 5.41) is 3.33. The van der Waals surface area contributed by atoms with Gasteiger partial charge in [-0.2, -0.15) is 0 Å². The summed E-state index contributed by atoms with van der Waals surface area (Å²) in [5.41, 5.74) is 2.19. The number of hydrogen-bond acceptors (Lipinski definition) is 3. The van der Waals surface area contributed by atoms with Crippen molar-refractivity contribution in [2.24, 2.45) is 0 Å². The number of hydrogen-bond donors (Lipinski definition) is 1. The van der Waals surface area contributed by atoms with Crippen LogP contribution in [0.1, 0.15) is 17.2 Å². The highest BCUT2D eigenvalue weighted by Crippen LogP contribution is 2.38. The van der Waals surface area contributed by atoms with Crippen LogP contribution < -0.4 is 14.8 Å². The first kappa shape index (κ1) is 16.3. The monoisotopic (exact) mass is 413 g/mol. The molecule has 0 fully saturated rings. The smallest absolute Gasteiger partial charge is 0.133 e. The molecule has 3 nitrogen and oxygen atoms in total. The second-order valence-electron chi connectivity index (χ2n) is 4.50. The van der Waals surface area contributed by atoms with E-state index < -0.39 is 0 Å². The van der Waals surface area contributed by atoms with Gasteiger partial charge in [-0.3, -0.25) is 0 Å². The molecule has 0 amide bonds. The van der Waals surface area contributed by atoms with Crippen molar-refractivity contribution in [1.29, 1.82) is 0 Å². The van der Waals surface area contributed by atoms with E-state index in [1.807, 2.05) is 31.3 Å². The molecule has 0 aliphatic heterocycles. The van der Waals surface area contributed by atoms with Gasteiger partial charge in [0.2, 0.25) is 0 Å². The first-order chi connectivity index (χ1) is 10.1. The lowest BCUT2D eigenvalue weighted by molar-refractivity contribution is 0.393. The molecule has 0 aromatic heterocycles. The highest BCUT2D eigenvalue weighted by molar-refractivity contribution is 9.10. The number of ether oxygens (including phenoxy) is 2. The Balaban J connectivity index is 2.52. The van der Waals surface area contributed by atoms with Crippen molar-refractivity contribution in [1.82, 2.24) is 5.32 Å². The van der Waals surface area contributed by atoms with Gasteiger partial charge in [-0.05, 0) is 52.8 Å². The van der Waals surface area contributed by atoms with Crippen LogP contribution >= 0.6 is 31.9 Å². The Kier molecular flexibility index (Phi) is 5.67. The molecular formula is C16H17Br2NO2. The van der Waals surface area contributed by atoms with E-state index in [2.05, 4.69) is 49.3 Å². The second-order valence-corrected chi connectivity index (χ2v) is 6.27. The van der Waals surface area contributed by atoms with E-state index in [-0.39, 0.29) is 6.04 Å². The summed E-state index contributed by atoms with van der Waals surface area (Å²) in [6, 6.07) is 12.2. The molecule has 1 N–H and O–H groups in total. The minimum absolute atomic E-state index is 0.0232. The van der Waals surface area contributed by atoms with E-state index in [9.17, 15) is 0 Å². The zero-order chi connectivity index (χ0) is 15.4. The van der Waals surface area contributed by atoms with Crippen LogP contribution in [0.25, 0.3) is 0 Å². The molecule has 0 aliphatic rings. The van der Waals surface area contributed by atoms with E-state index in [4.69, 9.17) is 9.47 Å². The molecule has 0 aliphatic carbocycles. The van der Waals surface area contributed by atoms with Gasteiger partial charge in [0.05, 0.1) is 24.7 Å². The summed E-state index contributed by atoms with van der Waals surface area (Å²) in [4.78, 5) is 0. The van der Waals surface area contributed by atoms with Crippen LogP contribution in [0.2, 0.25) is 0 Å². The summed E-state index contributed by atoms with van der Waals surface area (Å²) in [6.07, 6.45) is 0. The predicted octanol–water partition coefficient (Wildman–Crippen LogP) is 4.54. The average molecular weight is 415 g/mol. The van der Waals surface area contributed by atoms with Gasteiger partial charge in [0.25, 0.3) is 0 Å². The fraction of sp³-hybridized carbons (Fsp3) is 0.250. The van der Waals surface area contributed by atoms with E-state index in [1.54, 1.807) is 14.2 Å². The van der Waals surface area contributed by atoms with Crippen molar-refractivity contribution in [3.63, 3.8) is 0 Å². The van der Waals surface area contributed by atoms with Gasteiger partial charge in [-0.25, -0.2) is 0 Å². The summed E-state index contributed by atoms with van der Waals surface area (Å²) >= 11 is 6.95. The number of rotatable bonds is 5. The van der Waals surface area contributed by atoms with Gasteiger partial charge < -0.3 is 14.8 Å². The topological polar surface area (TPSA) is 30.5 Å².